The van der Waals surface area contributed by atoms with Gasteiger partial charge >= 0.3 is 0 Å². The summed E-state index contributed by atoms with van der Waals surface area (Å²) in [6.45, 7) is 0. The Morgan fingerprint density at radius 1 is 1.47 bits per heavy atom. The molecule has 1 N–H and O–H groups in total. The summed E-state index contributed by atoms with van der Waals surface area (Å²) in [4.78, 5) is 15.6. The van der Waals surface area contributed by atoms with Gasteiger partial charge in [0.15, 0.2) is 0 Å². The van der Waals surface area contributed by atoms with Gasteiger partial charge in [-0.2, -0.15) is 5.26 Å². The van der Waals surface area contributed by atoms with Gasteiger partial charge < -0.3 is 5.32 Å². The Labute approximate surface area is 110 Å². The molecule has 0 aliphatic heterocycles. The fraction of sp³-hybridized carbons (Fsp3) is 0. The Morgan fingerprint density at radius 3 is 2.94 bits per heavy atom. The van der Waals surface area contributed by atoms with Crippen LogP contribution < -0.4 is 5.32 Å². The maximum Gasteiger partial charge on any atom is 0.256 e. The second kappa shape index (κ2) is 5.08. The van der Waals surface area contributed by atoms with Gasteiger partial charge in [-0.1, -0.05) is 0 Å². The summed E-state index contributed by atoms with van der Waals surface area (Å²) in [6.07, 6.45) is 1.44. The summed E-state index contributed by atoms with van der Waals surface area (Å²) < 4.78 is 0.945. The van der Waals surface area contributed by atoms with Crippen molar-refractivity contribution in [2.24, 2.45) is 0 Å². The molecule has 0 atom stereocenters. The van der Waals surface area contributed by atoms with Gasteiger partial charge in [-0.05, 0) is 40.2 Å². The van der Waals surface area contributed by atoms with Crippen molar-refractivity contribution in [3.8, 4) is 6.07 Å². The number of thiophene rings is 1. The van der Waals surface area contributed by atoms with Crippen molar-refractivity contribution in [2.75, 3.05) is 5.32 Å². The highest BCUT2D eigenvalue weighted by Gasteiger charge is 2.08. The van der Waals surface area contributed by atoms with Crippen molar-refractivity contribution in [2.45, 2.75) is 0 Å². The van der Waals surface area contributed by atoms with E-state index in [0.717, 1.165) is 8.79 Å². The topological polar surface area (TPSA) is 65.8 Å². The summed E-state index contributed by atoms with van der Waals surface area (Å²) in [5.41, 5.74) is 0.645. The molecule has 4 nitrogen and oxygen atoms in total. The van der Waals surface area contributed by atoms with Crippen LogP contribution in [0, 0.1) is 11.3 Å². The molecule has 2 heterocycles. The Hall–Kier alpha value is -1.71. The second-order valence-corrected chi connectivity index (χ2v) is 5.56. The fourth-order valence-electron chi connectivity index (χ4n) is 1.20. The molecular formula is C11H6BrN3OS. The molecule has 0 saturated carbocycles. The van der Waals surface area contributed by atoms with Gasteiger partial charge in [0.1, 0.15) is 11.8 Å². The van der Waals surface area contributed by atoms with Gasteiger partial charge in [-0.3, -0.25) is 4.79 Å². The van der Waals surface area contributed by atoms with E-state index >= 15 is 0 Å². The van der Waals surface area contributed by atoms with Gasteiger partial charge in [-0.15, -0.1) is 11.3 Å². The number of rotatable bonds is 2. The smallest absolute Gasteiger partial charge is 0.256 e. The van der Waals surface area contributed by atoms with E-state index < -0.39 is 0 Å². The first kappa shape index (κ1) is 11.8. The predicted octanol–water partition coefficient (Wildman–Crippen LogP) is 3.03. The van der Waals surface area contributed by atoms with E-state index in [1.807, 2.05) is 12.1 Å². The number of anilines is 1. The number of amides is 1. The number of carbonyl (C=O) groups excluding carboxylic acids is 1. The van der Waals surface area contributed by atoms with Gasteiger partial charge in [0, 0.05) is 11.8 Å². The van der Waals surface area contributed by atoms with Crippen molar-refractivity contribution in [1.29, 1.82) is 5.26 Å². The van der Waals surface area contributed by atoms with Crippen LogP contribution in [0.25, 0.3) is 0 Å². The van der Waals surface area contributed by atoms with Crippen molar-refractivity contribution in [3.05, 3.63) is 45.5 Å². The lowest BCUT2D eigenvalue weighted by Gasteiger charge is -2.01. The minimum Gasteiger partial charge on any atom is -0.314 e. The van der Waals surface area contributed by atoms with Gasteiger partial charge in [0.25, 0.3) is 5.91 Å². The number of nitrogens with one attached hydrogen (secondary N) is 1. The van der Waals surface area contributed by atoms with Crippen molar-refractivity contribution in [1.82, 2.24) is 4.98 Å². The maximum absolute atomic E-state index is 11.8. The van der Waals surface area contributed by atoms with E-state index in [9.17, 15) is 4.79 Å². The molecule has 0 aliphatic rings. The summed E-state index contributed by atoms with van der Waals surface area (Å²) in [5, 5.41) is 12.2. The molecule has 0 unspecified atom stereocenters. The first-order valence-corrected chi connectivity index (χ1v) is 6.23. The van der Waals surface area contributed by atoms with E-state index in [1.54, 1.807) is 12.1 Å². The lowest BCUT2D eigenvalue weighted by Crippen LogP contribution is -2.11. The molecule has 1 amide bonds. The number of aromatic nitrogens is 1. The number of hydrogen-bond acceptors (Lipinski definition) is 4. The molecule has 6 heteroatoms. The van der Waals surface area contributed by atoms with Crippen LogP contribution in [0.2, 0.25) is 0 Å². The average Bonchev–Trinajstić information content (AvgIpc) is 2.75. The normalized spacial score (nSPS) is 9.65. The van der Waals surface area contributed by atoms with Crippen LogP contribution >= 0.6 is 27.3 Å². The largest absolute Gasteiger partial charge is 0.314 e. The SMILES string of the molecule is N#Cc1cc(C(=O)Nc2ccc(Br)s2)ccn1. The predicted molar refractivity (Wildman–Crippen MR) is 68.9 cm³/mol. The highest BCUT2D eigenvalue weighted by atomic mass is 79.9. The quantitative estimate of drug-likeness (QED) is 0.927. The highest BCUT2D eigenvalue weighted by molar-refractivity contribution is 9.11. The lowest BCUT2D eigenvalue weighted by atomic mass is 10.2. The number of carbonyl (C=O) groups is 1. The Morgan fingerprint density at radius 2 is 2.29 bits per heavy atom. The minimum atomic E-state index is -0.252. The number of halogens is 1. The first-order valence-electron chi connectivity index (χ1n) is 4.62. The third kappa shape index (κ3) is 2.90. The monoisotopic (exact) mass is 307 g/mol. The van der Waals surface area contributed by atoms with Crippen LogP contribution in [0.3, 0.4) is 0 Å². The number of hydrogen-bond donors (Lipinski definition) is 1. The van der Waals surface area contributed by atoms with Gasteiger partial charge in [0.2, 0.25) is 0 Å². The van der Waals surface area contributed by atoms with Crippen LogP contribution in [0.5, 0.6) is 0 Å². The zero-order chi connectivity index (χ0) is 12.3. The summed E-state index contributed by atoms with van der Waals surface area (Å²) in [6, 6.07) is 8.58. The molecular weight excluding hydrogens is 302 g/mol. The second-order valence-electron chi connectivity index (χ2n) is 3.10. The van der Waals surface area contributed by atoms with Crippen molar-refractivity contribution >= 4 is 38.2 Å². The van der Waals surface area contributed by atoms with Gasteiger partial charge in [-0.25, -0.2) is 4.98 Å². The summed E-state index contributed by atoms with van der Waals surface area (Å²) in [7, 11) is 0. The standard InChI is InChI=1S/C11H6BrN3OS/c12-9-1-2-10(17-9)15-11(16)7-3-4-14-8(5-7)6-13/h1-5H,(H,15,16). The van der Waals surface area contributed by atoms with E-state index in [4.69, 9.17) is 5.26 Å². The van der Waals surface area contributed by atoms with Crippen molar-refractivity contribution in [3.63, 3.8) is 0 Å². The molecule has 0 fully saturated rings. The van der Waals surface area contributed by atoms with E-state index in [2.05, 4.69) is 26.2 Å². The third-order valence-corrected chi connectivity index (χ3v) is 3.49. The molecule has 0 spiro atoms. The van der Waals surface area contributed by atoms with Crippen LogP contribution in [0.15, 0.2) is 34.2 Å². The van der Waals surface area contributed by atoms with E-state index in [1.165, 1.54) is 23.6 Å². The zero-order valence-corrected chi connectivity index (χ0v) is 10.9. The third-order valence-electron chi connectivity index (χ3n) is 1.95. The van der Waals surface area contributed by atoms with Crippen LogP contribution in [0.4, 0.5) is 5.00 Å². The molecule has 0 bridgehead atoms. The zero-order valence-electron chi connectivity index (χ0n) is 8.48. The highest BCUT2D eigenvalue weighted by Crippen LogP contribution is 2.26. The molecule has 0 saturated heterocycles. The Kier molecular flexibility index (Phi) is 3.52. The molecule has 0 radical (unpaired) electrons. The minimum absolute atomic E-state index is 0.227. The van der Waals surface area contributed by atoms with E-state index in [-0.39, 0.29) is 11.6 Å². The maximum atomic E-state index is 11.8. The van der Waals surface area contributed by atoms with Crippen molar-refractivity contribution < 1.29 is 4.79 Å². The molecule has 2 aromatic rings. The first-order chi connectivity index (χ1) is 8.19. The Bertz CT molecular complexity index is 603. The number of pyridine rings is 1. The van der Waals surface area contributed by atoms with Crippen LogP contribution in [-0.4, -0.2) is 10.9 Å². The van der Waals surface area contributed by atoms with E-state index in [0.29, 0.717) is 5.56 Å². The molecule has 2 rings (SSSR count). The van der Waals surface area contributed by atoms with Gasteiger partial charge in [0.05, 0.1) is 8.79 Å². The lowest BCUT2D eigenvalue weighted by molar-refractivity contribution is 0.102. The molecule has 0 aliphatic carbocycles. The summed E-state index contributed by atoms with van der Waals surface area (Å²) in [5.74, 6) is -0.252. The molecule has 2 aromatic heterocycles. The molecule has 0 aromatic carbocycles. The number of nitrogens with zero attached hydrogens (tertiary/aromatic N) is 2. The molecule has 17 heavy (non-hydrogen) atoms. The van der Waals surface area contributed by atoms with Crippen LogP contribution in [0.1, 0.15) is 16.1 Å². The average molecular weight is 308 g/mol. The molecule has 84 valence electrons. The fourth-order valence-corrected chi connectivity index (χ4v) is 2.48. The summed E-state index contributed by atoms with van der Waals surface area (Å²) >= 11 is 4.74. The number of nitriles is 1. The Balaban J connectivity index is 2.17. The van der Waals surface area contributed by atoms with Crippen LogP contribution in [-0.2, 0) is 0 Å².